The van der Waals surface area contributed by atoms with Crippen molar-refractivity contribution in [1.82, 2.24) is 19.8 Å². The smallest absolute Gasteiger partial charge is 0.410 e. The number of phenolic OH excluding ortho intramolecular Hbond substituents is 1. The SMILES string of the molecule is CN1CCC[C@H]1COc1nc(N2CC3CCC(C2)N3C(=O)OC(C)(C)C)c2cc(Cl)c(-c3cc(O)cc4ccccc34)c(F)c2n1. The number of rotatable bonds is 5. The fraction of sp³-hybridized carbons (Fsp3) is 0.457. The monoisotopic (exact) mass is 647 g/mol. The van der Waals surface area contributed by atoms with Crippen LogP contribution < -0.4 is 9.64 Å². The van der Waals surface area contributed by atoms with Crippen molar-refractivity contribution in [2.45, 2.75) is 70.2 Å². The molecule has 0 saturated carbocycles. The van der Waals surface area contributed by atoms with Crippen LogP contribution in [0.15, 0.2) is 42.5 Å². The summed E-state index contributed by atoms with van der Waals surface area (Å²) in [6, 6.07) is 12.5. The molecule has 11 heteroatoms. The van der Waals surface area contributed by atoms with E-state index in [-0.39, 0.29) is 52.1 Å². The van der Waals surface area contributed by atoms with Crippen LogP contribution in [0.25, 0.3) is 32.8 Å². The predicted molar refractivity (Wildman–Crippen MR) is 177 cm³/mol. The molecule has 4 aromatic rings. The van der Waals surface area contributed by atoms with Crippen LogP contribution in [-0.4, -0.2) is 88.0 Å². The number of fused-ring (bicyclic) bond motifs is 4. The van der Waals surface area contributed by atoms with Gasteiger partial charge in [-0.05, 0) is 94.6 Å². The minimum absolute atomic E-state index is 0.00989. The molecule has 1 amide bonds. The second kappa shape index (κ2) is 11.7. The Morgan fingerprint density at radius 3 is 2.50 bits per heavy atom. The molecule has 2 bridgehead atoms. The molecule has 0 radical (unpaired) electrons. The minimum Gasteiger partial charge on any atom is -0.508 e. The van der Waals surface area contributed by atoms with Crippen LogP contribution in [0, 0.1) is 5.82 Å². The number of benzene rings is 3. The first kappa shape index (κ1) is 30.7. The molecule has 3 fully saturated rings. The van der Waals surface area contributed by atoms with E-state index in [1.165, 1.54) is 6.07 Å². The highest BCUT2D eigenvalue weighted by Crippen LogP contribution is 2.43. The number of carbonyl (C=O) groups excluding carboxylic acids is 1. The van der Waals surface area contributed by atoms with Crippen LogP contribution in [0.5, 0.6) is 11.8 Å². The molecule has 3 aliphatic heterocycles. The molecule has 3 saturated heterocycles. The van der Waals surface area contributed by atoms with Crippen LogP contribution in [0.1, 0.15) is 46.5 Å². The third-order valence-electron chi connectivity index (χ3n) is 9.42. The Kier molecular flexibility index (Phi) is 7.84. The van der Waals surface area contributed by atoms with E-state index in [2.05, 4.69) is 21.8 Å². The molecule has 3 aliphatic rings. The molecule has 1 N–H and O–H groups in total. The van der Waals surface area contributed by atoms with E-state index >= 15 is 4.39 Å². The van der Waals surface area contributed by atoms with E-state index in [1.54, 1.807) is 12.1 Å². The number of nitrogens with zero attached hydrogens (tertiary/aromatic N) is 5. The van der Waals surface area contributed by atoms with Crippen molar-refractivity contribution in [1.29, 1.82) is 0 Å². The summed E-state index contributed by atoms with van der Waals surface area (Å²) in [4.78, 5) is 28.8. The second-order valence-corrected chi connectivity index (χ2v) is 14.2. The number of aromatic hydroxyl groups is 1. The third-order valence-corrected chi connectivity index (χ3v) is 9.72. The lowest BCUT2D eigenvalue weighted by Crippen LogP contribution is -2.57. The molecule has 46 heavy (non-hydrogen) atoms. The summed E-state index contributed by atoms with van der Waals surface area (Å²) >= 11 is 6.90. The van der Waals surface area contributed by atoms with Gasteiger partial charge in [0.15, 0.2) is 5.82 Å². The Labute approximate surface area is 272 Å². The molecule has 7 rings (SSSR count). The minimum atomic E-state index is -0.611. The lowest BCUT2D eigenvalue weighted by atomic mass is 9.96. The number of ether oxygens (including phenoxy) is 2. The summed E-state index contributed by atoms with van der Waals surface area (Å²) in [6.45, 7) is 8.00. The van der Waals surface area contributed by atoms with Crippen LogP contribution in [-0.2, 0) is 4.74 Å². The van der Waals surface area contributed by atoms with Crippen LogP contribution >= 0.6 is 11.6 Å². The quantitative estimate of drug-likeness (QED) is 0.247. The Morgan fingerprint density at radius 1 is 1.07 bits per heavy atom. The second-order valence-electron chi connectivity index (χ2n) is 13.8. The number of carbonyl (C=O) groups is 1. The Bertz CT molecular complexity index is 1820. The zero-order valence-electron chi connectivity index (χ0n) is 26.6. The molecule has 0 aliphatic carbocycles. The van der Waals surface area contributed by atoms with E-state index in [0.29, 0.717) is 36.5 Å². The van der Waals surface area contributed by atoms with E-state index < -0.39 is 11.4 Å². The fourth-order valence-electron chi connectivity index (χ4n) is 7.26. The van der Waals surface area contributed by atoms with Gasteiger partial charge in [-0.2, -0.15) is 9.97 Å². The summed E-state index contributed by atoms with van der Waals surface area (Å²) in [6.07, 6.45) is 3.46. The van der Waals surface area contributed by atoms with E-state index in [4.69, 9.17) is 26.1 Å². The van der Waals surface area contributed by atoms with Gasteiger partial charge in [0.05, 0.1) is 17.1 Å². The average molecular weight is 648 g/mol. The van der Waals surface area contributed by atoms with Crippen LogP contribution in [0.4, 0.5) is 15.0 Å². The molecule has 9 nitrogen and oxygen atoms in total. The van der Waals surface area contributed by atoms with Gasteiger partial charge in [-0.25, -0.2) is 9.18 Å². The Morgan fingerprint density at radius 2 is 1.80 bits per heavy atom. The molecule has 2 unspecified atom stereocenters. The van der Waals surface area contributed by atoms with Crippen molar-refractivity contribution in [3.63, 3.8) is 0 Å². The van der Waals surface area contributed by atoms with Crippen molar-refractivity contribution < 1.29 is 23.8 Å². The number of halogens is 2. The number of aromatic nitrogens is 2. The molecule has 3 aromatic carbocycles. The van der Waals surface area contributed by atoms with Gasteiger partial charge in [-0.1, -0.05) is 35.9 Å². The number of hydrogen-bond acceptors (Lipinski definition) is 8. The van der Waals surface area contributed by atoms with Gasteiger partial charge in [-0.3, -0.25) is 4.90 Å². The maximum atomic E-state index is 16.9. The number of amides is 1. The van der Waals surface area contributed by atoms with Gasteiger partial charge < -0.3 is 24.4 Å². The first-order valence-corrected chi connectivity index (χ1v) is 16.4. The van der Waals surface area contributed by atoms with Crippen LogP contribution in [0.2, 0.25) is 5.02 Å². The number of piperazine rings is 1. The number of likely N-dealkylation sites (tertiary alicyclic amines) is 1. The van der Waals surface area contributed by atoms with Crippen LogP contribution in [0.3, 0.4) is 0 Å². The van der Waals surface area contributed by atoms with Crippen molar-refractivity contribution in [2.75, 3.05) is 38.2 Å². The molecular weight excluding hydrogens is 609 g/mol. The number of anilines is 1. The standard InChI is InChI=1S/C35H39ClFN5O4/c1-35(2,3)46-34(44)42-21-11-12-22(42)18-41(17-21)32-27-16-28(36)29(26-15-24(43)14-20-8-5-6-10-25(20)26)30(37)31(27)38-33(39-32)45-19-23-9-7-13-40(23)4/h5-6,8,10,14-16,21-23,43H,7,9,11-13,17-19H2,1-4H3/t21?,22?,23-/m0/s1. The molecule has 4 heterocycles. The highest BCUT2D eigenvalue weighted by atomic mass is 35.5. The number of likely N-dealkylation sites (N-methyl/N-ethyl adjacent to an activating group) is 1. The average Bonchev–Trinajstić information content (AvgIpc) is 3.53. The summed E-state index contributed by atoms with van der Waals surface area (Å²) in [5.74, 6) is -0.0792. The van der Waals surface area contributed by atoms with Gasteiger partial charge in [0.2, 0.25) is 0 Å². The zero-order valence-corrected chi connectivity index (χ0v) is 27.4. The van der Waals surface area contributed by atoms with Crippen molar-refractivity contribution in [3.05, 3.63) is 53.3 Å². The normalized spacial score (nSPS) is 21.8. The molecule has 0 spiro atoms. The largest absolute Gasteiger partial charge is 0.508 e. The Hall–Kier alpha value is -3.89. The Balaban J connectivity index is 1.32. The number of phenols is 1. The van der Waals surface area contributed by atoms with Crippen molar-refractivity contribution in [2.24, 2.45) is 0 Å². The highest BCUT2D eigenvalue weighted by Gasteiger charge is 2.45. The van der Waals surface area contributed by atoms with Crippen molar-refractivity contribution >= 4 is 45.2 Å². The topological polar surface area (TPSA) is 91.3 Å². The van der Waals surface area contributed by atoms with Gasteiger partial charge in [0, 0.05) is 30.1 Å². The molecule has 242 valence electrons. The van der Waals surface area contributed by atoms with E-state index in [1.807, 2.05) is 49.9 Å². The summed E-state index contributed by atoms with van der Waals surface area (Å²) in [5.41, 5.74) is 0.123. The lowest BCUT2D eigenvalue weighted by molar-refractivity contribution is 0.0122. The maximum absolute atomic E-state index is 16.9. The molecule has 1 aromatic heterocycles. The summed E-state index contributed by atoms with van der Waals surface area (Å²) < 4.78 is 28.8. The van der Waals surface area contributed by atoms with Gasteiger partial charge >= 0.3 is 12.1 Å². The zero-order chi connectivity index (χ0) is 32.3. The highest BCUT2D eigenvalue weighted by molar-refractivity contribution is 6.35. The van der Waals surface area contributed by atoms with E-state index in [9.17, 15) is 9.90 Å². The number of hydrogen-bond donors (Lipinski definition) is 1. The van der Waals surface area contributed by atoms with E-state index in [0.717, 1.165) is 43.0 Å². The van der Waals surface area contributed by atoms with Gasteiger partial charge in [0.25, 0.3) is 0 Å². The summed E-state index contributed by atoms with van der Waals surface area (Å²) in [7, 11) is 2.07. The van der Waals surface area contributed by atoms with Gasteiger partial charge in [0.1, 0.15) is 29.3 Å². The molecule has 3 atom stereocenters. The summed E-state index contributed by atoms with van der Waals surface area (Å²) in [5, 5.41) is 12.7. The van der Waals surface area contributed by atoms with Gasteiger partial charge in [-0.15, -0.1) is 0 Å². The van der Waals surface area contributed by atoms with Crippen molar-refractivity contribution in [3.8, 4) is 22.9 Å². The molecular formula is C35H39ClFN5O4. The fourth-order valence-corrected chi connectivity index (χ4v) is 7.56. The maximum Gasteiger partial charge on any atom is 0.410 e. The first-order chi connectivity index (χ1) is 22.0. The third kappa shape index (κ3) is 5.66. The lowest BCUT2D eigenvalue weighted by Gasteiger charge is -2.42. The first-order valence-electron chi connectivity index (χ1n) is 16.0. The predicted octanol–water partition coefficient (Wildman–Crippen LogP) is 7.01.